The Morgan fingerprint density at radius 3 is 2.30 bits per heavy atom. The summed E-state index contributed by atoms with van der Waals surface area (Å²) in [5.74, 6) is 0.834. The summed E-state index contributed by atoms with van der Waals surface area (Å²) in [5, 5.41) is 10.7. The maximum Gasteiger partial charge on any atom is 0.490 e. The number of aromatic nitrogens is 3. The van der Waals surface area contributed by atoms with Crippen molar-refractivity contribution in [1.29, 1.82) is 0 Å². The van der Waals surface area contributed by atoms with Gasteiger partial charge in [-0.25, -0.2) is 14.8 Å². The third kappa shape index (κ3) is 7.34. The molecule has 0 unspecified atom stereocenters. The van der Waals surface area contributed by atoms with E-state index in [0.29, 0.717) is 12.6 Å². The van der Waals surface area contributed by atoms with Gasteiger partial charge in [0.05, 0.1) is 18.3 Å². The van der Waals surface area contributed by atoms with E-state index in [0.717, 1.165) is 60.1 Å². The molecular weight excluding hydrogens is 491 g/mol. The molecule has 1 saturated heterocycles. The number of piperidine rings is 1. The van der Waals surface area contributed by atoms with E-state index in [1.165, 1.54) is 12.8 Å². The average Bonchev–Trinajstić information content (AvgIpc) is 3.69. The number of pyridine rings is 1. The molecule has 3 heterocycles. The topological polar surface area (TPSA) is 110 Å². The number of halogens is 3. The van der Waals surface area contributed by atoms with E-state index in [9.17, 15) is 13.2 Å². The summed E-state index contributed by atoms with van der Waals surface area (Å²) >= 11 is 0. The molecule has 1 aliphatic heterocycles. The summed E-state index contributed by atoms with van der Waals surface area (Å²) in [7, 11) is 0. The molecule has 2 aromatic heterocycles. The monoisotopic (exact) mass is 519 g/mol. The summed E-state index contributed by atoms with van der Waals surface area (Å²) in [4.78, 5) is 25.2. The maximum absolute atomic E-state index is 10.6. The average molecular weight is 520 g/mol. The molecule has 198 valence electrons. The second kappa shape index (κ2) is 11.5. The first-order chi connectivity index (χ1) is 17.7. The number of ether oxygens (including phenoxy) is 2. The van der Waals surface area contributed by atoms with Crippen LogP contribution in [-0.4, -0.2) is 64.0 Å². The van der Waals surface area contributed by atoms with Crippen molar-refractivity contribution in [3.05, 3.63) is 42.7 Å². The lowest BCUT2D eigenvalue weighted by atomic mass is 10.1. The predicted octanol–water partition coefficient (Wildman–Crippen LogP) is 4.68. The highest BCUT2D eigenvalue weighted by atomic mass is 19.4. The number of carbonyl (C=O) groups is 1. The lowest BCUT2D eigenvalue weighted by Gasteiger charge is -2.33. The molecule has 1 aliphatic carbocycles. The van der Waals surface area contributed by atoms with E-state index in [1.54, 1.807) is 12.4 Å². The van der Waals surface area contributed by atoms with Crippen LogP contribution < -0.4 is 19.7 Å². The Labute approximate surface area is 211 Å². The first-order valence-corrected chi connectivity index (χ1v) is 12.1. The molecule has 0 spiro atoms. The van der Waals surface area contributed by atoms with Gasteiger partial charge in [-0.05, 0) is 50.1 Å². The van der Waals surface area contributed by atoms with Crippen LogP contribution >= 0.6 is 0 Å². The zero-order chi connectivity index (χ0) is 26.4. The van der Waals surface area contributed by atoms with Crippen LogP contribution in [0.15, 0.2) is 42.7 Å². The van der Waals surface area contributed by atoms with Gasteiger partial charge in [-0.2, -0.15) is 13.2 Å². The molecule has 2 fully saturated rings. The van der Waals surface area contributed by atoms with Crippen LogP contribution in [0.25, 0.3) is 11.0 Å². The normalized spacial score (nSPS) is 16.1. The van der Waals surface area contributed by atoms with E-state index in [-0.39, 0.29) is 6.10 Å². The highest BCUT2D eigenvalue weighted by Gasteiger charge is 2.38. The summed E-state index contributed by atoms with van der Waals surface area (Å²) in [6, 6.07) is 10.3. The van der Waals surface area contributed by atoms with Gasteiger partial charge in [0, 0.05) is 38.2 Å². The number of fused-ring (bicyclic) bond motifs is 1. The highest BCUT2D eigenvalue weighted by molar-refractivity contribution is 5.80. The summed E-state index contributed by atoms with van der Waals surface area (Å²) in [6.07, 6.45) is 2.97. The van der Waals surface area contributed by atoms with Crippen LogP contribution in [-0.2, 0) is 4.79 Å². The van der Waals surface area contributed by atoms with E-state index in [1.807, 2.05) is 37.3 Å². The molecule has 0 radical (unpaired) electrons. The first-order valence-electron chi connectivity index (χ1n) is 12.1. The number of alkyl halides is 3. The Balaban J connectivity index is 0.000000405. The number of anilines is 2. The van der Waals surface area contributed by atoms with Gasteiger partial charge in [0.15, 0.2) is 11.6 Å². The van der Waals surface area contributed by atoms with Crippen molar-refractivity contribution < 1.29 is 32.5 Å². The Bertz CT molecular complexity index is 1200. The number of hydrogen-bond donors (Lipinski definition) is 2. The molecule has 1 saturated carbocycles. The van der Waals surface area contributed by atoms with Crippen LogP contribution in [0.3, 0.4) is 0 Å². The van der Waals surface area contributed by atoms with Crippen molar-refractivity contribution in [2.45, 2.75) is 50.9 Å². The number of benzene rings is 1. The van der Waals surface area contributed by atoms with Crippen LogP contribution in [0.1, 0.15) is 32.6 Å². The fourth-order valence-electron chi connectivity index (χ4n) is 3.79. The number of nitrogens with zero attached hydrogens (tertiary/aromatic N) is 4. The lowest BCUT2D eigenvalue weighted by Crippen LogP contribution is -2.39. The number of rotatable bonds is 7. The number of nitrogens with one attached hydrogen (secondary N) is 1. The van der Waals surface area contributed by atoms with Crippen LogP contribution in [0.5, 0.6) is 11.5 Å². The number of carboxylic acids is 1. The van der Waals surface area contributed by atoms with Crippen LogP contribution in [0, 0.1) is 0 Å². The number of aliphatic carboxylic acids is 1. The van der Waals surface area contributed by atoms with Crippen LogP contribution in [0.4, 0.5) is 24.8 Å². The molecule has 0 bridgehead atoms. The molecule has 1 aromatic carbocycles. The molecule has 12 heteroatoms. The Kier molecular flexibility index (Phi) is 8.14. The van der Waals surface area contributed by atoms with Crippen molar-refractivity contribution in [2.75, 3.05) is 29.9 Å². The van der Waals surface area contributed by atoms with Gasteiger partial charge in [-0.1, -0.05) is 0 Å². The minimum atomic E-state index is -5.08. The van der Waals surface area contributed by atoms with Gasteiger partial charge in [-0.15, -0.1) is 0 Å². The van der Waals surface area contributed by atoms with E-state index < -0.39 is 12.1 Å². The van der Waals surface area contributed by atoms with Crippen LogP contribution in [0.2, 0.25) is 0 Å². The fourth-order valence-corrected chi connectivity index (χ4v) is 3.79. The molecule has 2 N–H and O–H groups in total. The minimum absolute atomic E-state index is 0.203. The molecule has 5 rings (SSSR count). The van der Waals surface area contributed by atoms with Gasteiger partial charge < -0.3 is 24.8 Å². The lowest BCUT2D eigenvalue weighted by molar-refractivity contribution is -0.192. The zero-order valence-electron chi connectivity index (χ0n) is 20.2. The predicted molar refractivity (Wildman–Crippen MR) is 131 cm³/mol. The first kappa shape index (κ1) is 26.2. The number of hydrogen-bond acceptors (Lipinski definition) is 8. The van der Waals surface area contributed by atoms with E-state index in [2.05, 4.69) is 15.2 Å². The molecule has 3 aromatic rings. The third-order valence-corrected chi connectivity index (χ3v) is 5.79. The second-order valence-corrected chi connectivity index (χ2v) is 8.69. The highest BCUT2D eigenvalue weighted by Crippen LogP contribution is 2.32. The minimum Gasteiger partial charge on any atom is -0.494 e. The Hall–Kier alpha value is -3.83. The van der Waals surface area contributed by atoms with Gasteiger partial charge in [0.2, 0.25) is 0 Å². The number of carboxylic acid groups (broad SMARTS) is 1. The molecule has 0 atom stereocenters. The van der Waals surface area contributed by atoms with Crippen molar-refractivity contribution in [3.8, 4) is 11.5 Å². The SMILES string of the molecule is CCOc1ccc(OC2CCN(c3nc4cnccc4nc3NC3CC3)CC2)cc1.O=C(O)C(F)(F)F. The van der Waals surface area contributed by atoms with Gasteiger partial charge in [0.25, 0.3) is 0 Å². The zero-order valence-corrected chi connectivity index (χ0v) is 20.2. The second-order valence-electron chi connectivity index (χ2n) is 8.69. The third-order valence-electron chi connectivity index (χ3n) is 5.79. The molecule has 37 heavy (non-hydrogen) atoms. The van der Waals surface area contributed by atoms with Gasteiger partial charge >= 0.3 is 12.1 Å². The summed E-state index contributed by atoms with van der Waals surface area (Å²) in [5.41, 5.74) is 1.72. The molecule has 9 nitrogen and oxygen atoms in total. The molecular formula is C25H28F3N5O4. The Morgan fingerprint density at radius 1 is 1.05 bits per heavy atom. The molecule has 0 amide bonds. The van der Waals surface area contributed by atoms with Crippen molar-refractivity contribution >= 4 is 28.6 Å². The van der Waals surface area contributed by atoms with E-state index in [4.69, 9.17) is 29.3 Å². The van der Waals surface area contributed by atoms with Gasteiger partial charge in [0.1, 0.15) is 23.1 Å². The fraction of sp³-hybridized carbons (Fsp3) is 0.440. The van der Waals surface area contributed by atoms with E-state index >= 15 is 0 Å². The summed E-state index contributed by atoms with van der Waals surface area (Å²) in [6.45, 7) is 4.44. The standard InChI is InChI=1S/C23H27N5O2.C2HF3O2/c1-2-29-17-5-7-18(8-6-17)30-19-10-13-28(14-11-19)23-22(25-16-3-4-16)26-20-9-12-24-15-21(20)27-23;3-2(4,5)1(6)7/h5-9,12,15-16,19H,2-4,10-11,13-14H2,1H3,(H,25,26);(H,6,7). The molecule has 2 aliphatic rings. The van der Waals surface area contributed by atoms with Crippen molar-refractivity contribution in [3.63, 3.8) is 0 Å². The maximum atomic E-state index is 10.6. The quantitative estimate of drug-likeness (QED) is 0.460. The van der Waals surface area contributed by atoms with Crippen molar-refractivity contribution in [2.24, 2.45) is 0 Å². The Morgan fingerprint density at radius 2 is 1.70 bits per heavy atom. The largest absolute Gasteiger partial charge is 0.494 e. The summed E-state index contributed by atoms with van der Waals surface area (Å²) < 4.78 is 43.4. The smallest absolute Gasteiger partial charge is 0.490 e. The van der Waals surface area contributed by atoms with Gasteiger partial charge in [-0.3, -0.25) is 4.98 Å². The van der Waals surface area contributed by atoms with Crippen molar-refractivity contribution in [1.82, 2.24) is 15.0 Å².